The Morgan fingerprint density at radius 2 is 1.53 bits per heavy atom. The highest BCUT2D eigenvalue weighted by molar-refractivity contribution is 5.98. The summed E-state index contributed by atoms with van der Waals surface area (Å²) in [5, 5.41) is 3.05. The third kappa shape index (κ3) is 5.22. The second-order valence-corrected chi connectivity index (χ2v) is 8.23. The lowest BCUT2D eigenvalue weighted by Gasteiger charge is -2.39. The molecule has 32 heavy (non-hydrogen) atoms. The predicted octanol–water partition coefficient (Wildman–Crippen LogP) is 4.91. The number of carbonyl (C=O) groups is 2. The molecule has 1 atom stereocenters. The van der Waals surface area contributed by atoms with E-state index < -0.39 is 6.04 Å². The highest BCUT2D eigenvalue weighted by atomic mass is 16.2. The number of nitrogens with zero attached hydrogens (tertiary/aromatic N) is 2. The van der Waals surface area contributed by atoms with Gasteiger partial charge in [0.15, 0.2) is 6.04 Å². The SMILES string of the molecule is O=C(NCc1ccccc1)C(c1ccccn1)N(C(=O)c1ccccc1)C1CCCCC1. The normalized spacial score (nSPS) is 15.0. The molecule has 1 aromatic heterocycles. The van der Waals surface area contributed by atoms with Crippen LogP contribution in [0.3, 0.4) is 0 Å². The zero-order valence-electron chi connectivity index (χ0n) is 18.2. The minimum absolute atomic E-state index is 0.00550. The van der Waals surface area contributed by atoms with Crippen LogP contribution in [0, 0.1) is 0 Å². The molecule has 1 fully saturated rings. The van der Waals surface area contributed by atoms with Gasteiger partial charge in [-0.15, -0.1) is 0 Å². The van der Waals surface area contributed by atoms with Crippen molar-refractivity contribution < 1.29 is 9.59 Å². The lowest BCUT2D eigenvalue weighted by Crippen LogP contribution is -2.49. The quantitative estimate of drug-likeness (QED) is 0.582. The van der Waals surface area contributed by atoms with E-state index in [-0.39, 0.29) is 17.9 Å². The van der Waals surface area contributed by atoms with Crippen LogP contribution in [-0.4, -0.2) is 27.7 Å². The number of amides is 2. The number of aromatic nitrogens is 1. The van der Waals surface area contributed by atoms with Crippen LogP contribution in [0.5, 0.6) is 0 Å². The Morgan fingerprint density at radius 1 is 0.875 bits per heavy atom. The molecule has 1 heterocycles. The van der Waals surface area contributed by atoms with Crippen molar-refractivity contribution in [3.8, 4) is 0 Å². The van der Waals surface area contributed by atoms with Crippen LogP contribution >= 0.6 is 0 Å². The molecule has 2 aromatic carbocycles. The van der Waals surface area contributed by atoms with Crippen LogP contribution in [0.4, 0.5) is 0 Å². The number of rotatable bonds is 7. The fourth-order valence-electron chi connectivity index (χ4n) is 4.41. The Morgan fingerprint density at radius 3 is 2.19 bits per heavy atom. The lowest BCUT2D eigenvalue weighted by molar-refractivity contribution is -0.127. The van der Waals surface area contributed by atoms with E-state index in [0.29, 0.717) is 17.8 Å². The maximum absolute atomic E-state index is 13.8. The first-order valence-electron chi connectivity index (χ1n) is 11.3. The molecule has 5 heteroatoms. The number of benzene rings is 2. The molecule has 1 N–H and O–H groups in total. The maximum Gasteiger partial charge on any atom is 0.255 e. The van der Waals surface area contributed by atoms with Crippen LogP contribution in [0.15, 0.2) is 85.1 Å². The molecule has 0 aliphatic heterocycles. The molecular formula is C27H29N3O2. The molecule has 1 aliphatic carbocycles. The van der Waals surface area contributed by atoms with Gasteiger partial charge in [0.1, 0.15) is 0 Å². The van der Waals surface area contributed by atoms with Crippen LogP contribution in [0.25, 0.3) is 0 Å². The Labute approximate surface area is 189 Å². The summed E-state index contributed by atoms with van der Waals surface area (Å²) in [6.07, 6.45) is 6.76. The molecule has 4 rings (SSSR count). The van der Waals surface area contributed by atoms with Gasteiger partial charge in [-0.1, -0.05) is 73.9 Å². The zero-order chi connectivity index (χ0) is 22.2. The van der Waals surface area contributed by atoms with E-state index in [1.807, 2.05) is 78.9 Å². The van der Waals surface area contributed by atoms with Gasteiger partial charge < -0.3 is 10.2 Å². The average Bonchev–Trinajstić information content (AvgIpc) is 2.87. The standard InChI is InChI=1S/C27H29N3O2/c31-26(29-20-21-12-4-1-5-13-21)25(24-18-10-11-19-28-24)30(23-16-8-3-9-17-23)27(32)22-14-6-2-7-15-22/h1-2,4-7,10-15,18-19,23,25H,3,8-9,16-17,20H2,(H,29,31). The molecule has 1 saturated carbocycles. The second kappa shape index (κ2) is 10.7. The van der Waals surface area contributed by atoms with Crippen molar-refractivity contribution in [2.75, 3.05) is 0 Å². The number of hydrogen-bond acceptors (Lipinski definition) is 3. The average molecular weight is 428 g/mol. The first kappa shape index (κ1) is 21.8. The minimum Gasteiger partial charge on any atom is -0.350 e. The highest BCUT2D eigenvalue weighted by Gasteiger charge is 2.38. The Bertz CT molecular complexity index is 1000. The van der Waals surface area contributed by atoms with Gasteiger partial charge in [0.05, 0.1) is 5.69 Å². The Kier molecular flexibility index (Phi) is 7.28. The van der Waals surface area contributed by atoms with Gasteiger partial charge in [-0.2, -0.15) is 0 Å². The molecule has 5 nitrogen and oxygen atoms in total. The van der Waals surface area contributed by atoms with Crippen molar-refractivity contribution >= 4 is 11.8 Å². The van der Waals surface area contributed by atoms with Gasteiger partial charge in [-0.25, -0.2) is 0 Å². The largest absolute Gasteiger partial charge is 0.350 e. The molecule has 0 spiro atoms. The van der Waals surface area contributed by atoms with Gasteiger partial charge in [-0.3, -0.25) is 14.6 Å². The second-order valence-electron chi connectivity index (χ2n) is 8.23. The summed E-state index contributed by atoms with van der Waals surface area (Å²) in [4.78, 5) is 33.6. The number of hydrogen-bond donors (Lipinski definition) is 1. The summed E-state index contributed by atoms with van der Waals surface area (Å²) in [6, 6.07) is 23.8. The van der Waals surface area contributed by atoms with Crippen LogP contribution in [-0.2, 0) is 11.3 Å². The molecule has 0 radical (unpaired) electrons. The number of carbonyl (C=O) groups excluding carboxylic acids is 2. The van der Waals surface area contributed by atoms with E-state index in [9.17, 15) is 9.59 Å². The zero-order valence-corrected chi connectivity index (χ0v) is 18.2. The summed E-state index contributed by atoms with van der Waals surface area (Å²) in [7, 11) is 0. The summed E-state index contributed by atoms with van der Waals surface area (Å²) in [5.41, 5.74) is 2.20. The van der Waals surface area contributed by atoms with Gasteiger partial charge in [0.2, 0.25) is 5.91 Å². The van der Waals surface area contributed by atoms with E-state index in [1.165, 1.54) is 6.42 Å². The number of nitrogens with one attached hydrogen (secondary N) is 1. The van der Waals surface area contributed by atoms with Crippen molar-refractivity contribution in [3.05, 3.63) is 102 Å². The smallest absolute Gasteiger partial charge is 0.255 e. The molecule has 3 aromatic rings. The van der Waals surface area contributed by atoms with Crippen molar-refractivity contribution in [3.63, 3.8) is 0 Å². The molecular weight excluding hydrogens is 398 g/mol. The van der Waals surface area contributed by atoms with E-state index in [4.69, 9.17) is 0 Å². The maximum atomic E-state index is 13.8. The first-order chi connectivity index (χ1) is 15.7. The molecule has 0 saturated heterocycles. The van der Waals surface area contributed by atoms with E-state index >= 15 is 0 Å². The van der Waals surface area contributed by atoms with Gasteiger partial charge in [0, 0.05) is 24.3 Å². The van der Waals surface area contributed by atoms with Gasteiger partial charge >= 0.3 is 0 Å². The van der Waals surface area contributed by atoms with E-state index in [1.54, 1.807) is 11.1 Å². The Hall–Kier alpha value is -3.47. The summed E-state index contributed by atoms with van der Waals surface area (Å²) < 4.78 is 0. The molecule has 0 bridgehead atoms. The first-order valence-corrected chi connectivity index (χ1v) is 11.3. The van der Waals surface area contributed by atoms with Crippen LogP contribution in [0.2, 0.25) is 0 Å². The predicted molar refractivity (Wildman–Crippen MR) is 125 cm³/mol. The third-order valence-corrected chi connectivity index (χ3v) is 6.03. The summed E-state index contributed by atoms with van der Waals surface area (Å²) in [6.45, 7) is 0.404. The van der Waals surface area contributed by atoms with E-state index in [2.05, 4.69) is 10.3 Å². The van der Waals surface area contributed by atoms with Crippen molar-refractivity contribution in [2.24, 2.45) is 0 Å². The molecule has 2 amide bonds. The van der Waals surface area contributed by atoms with Crippen molar-refractivity contribution in [1.82, 2.24) is 15.2 Å². The number of pyridine rings is 1. The van der Waals surface area contributed by atoms with Gasteiger partial charge in [0.25, 0.3) is 5.91 Å². The Balaban J connectivity index is 1.69. The molecule has 1 aliphatic rings. The van der Waals surface area contributed by atoms with Crippen molar-refractivity contribution in [1.29, 1.82) is 0 Å². The molecule has 1 unspecified atom stereocenters. The topological polar surface area (TPSA) is 62.3 Å². The lowest BCUT2D eigenvalue weighted by atomic mass is 9.91. The van der Waals surface area contributed by atoms with Crippen LogP contribution in [0.1, 0.15) is 59.8 Å². The van der Waals surface area contributed by atoms with Crippen molar-refractivity contribution in [2.45, 2.75) is 50.7 Å². The summed E-state index contributed by atoms with van der Waals surface area (Å²) in [5.74, 6) is -0.328. The fraction of sp³-hybridized carbons (Fsp3) is 0.296. The third-order valence-electron chi connectivity index (χ3n) is 6.03. The highest BCUT2D eigenvalue weighted by Crippen LogP contribution is 2.31. The monoisotopic (exact) mass is 427 g/mol. The summed E-state index contributed by atoms with van der Waals surface area (Å²) >= 11 is 0. The molecule has 164 valence electrons. The van der Waals surface area contributed by atoms with E-state index in [0.717, 1.165) is 31.2 Å². The van der Waals surface area contributed by atoms with Gasteiger partial charge in [-0.05, 0) is 42.7 Å². The van der Waals surface area contributed by atoms with Crippen LogP contribution < -0.4 is 5.32 Å². The fourth-order valence-corrected chi connectivity index (χ4v) is 4.41. The minimum atomic E-state index is -0.782.